The highest BCUT2D eigenvalue weighted by Crippen LogP contribution is 2.76. The molecule has 8 nitrogen and oxygen atoms in total. The molecule has 0 aromatic rings. The Morgan fingerprint density at radius 2 is 1.40 bits per heavy atom. The van der Waals surface area contributed by atoms with Crippen LogP contribution in [0.4, 0.5) is 4.39 Å². The second kappa shape index (κ2) is 12.9. The van der Waals surface area contributed by atoms with Gasteiger partial charge in [-0.3, -0.25) is 19.2 Å². The summed E-state index contributed by atoms with van der Waals surface area (Å²) < 4.78 is 37.5. The third kappa shape index (κ3) is 5.64. The molecule has 5 aliphatic carbocycles. The van der Waals surface area contributed by atoms with Crippen molar-refractivity contribution in [1.29, 1.82) is 0 Å². The van der Waals surface area contributed by atoms with Crippen LogP contribution in [0.15, 0.2) is 0 Å². The fraction of sp³-hybridized carbons (Fsp3) is 0.897. The first kappa shape index (κ1) is 35.8. The van der Waals surface area contributed by atoms with Gasteiger partial charge < -0.3 is 18.9 Å². The third-order valence-corrected chi connectivity index (χ3v) is 15.6. The normalized spacial score (nSPS) is 48.3. The van der Waals surface area contributed by atoms with Crippen molar-refractivity contribution in [3.05, 3.63) is 0 Å². The zero-order chi connectivity index (χ0) is 34.8. The van der Waals surface area contributed by atoms with Gasteiger partial charge in [-0.15, -0.1) is 0 Å². The second-order valence-electron chi connectivity index (χ2n) is 17.5. The summed E-state index contributed by atoms with van der Waals surface area (Å²) in [6.07, 6.45) is 8.58. The number of ketones is 1. The Kier molecular flexibility index (Phi) is 9.65. The topological polar surface area (TPSA) is 105 Å². The van der Waals surface area contributed by atoms with Gasteiger partial charge in [0.25, 0.3) is 0 Å². The number of ether oxygens (including phenoxy) is 4. The monoisotopic (exact) mass is 674 g/mol. The lowest BCUT2D eigenvalue weighted by molar-refractivity contribution is -0.251. The molecule has 0 aromatic heterocycles. The van der Waals surface area contributed by atoms with Crippen LogP contribution in [0.5, 0.6) is 0 Å². The minimum Gasteiger partial charge on any atom is -0.456 e. The fourth-order valence-electron chi connectivity index (χ4n) is 13.3. The summed E-state index contributed by atoms with van der Waals surface area (Å²) in [4.78, 5) is 49.3. The van der Waals surface area contributed by atoms with E-state index in [1.807, 2.05) is 0 Å². The van der Waals surface area contributed by atoms with E-state index in [1.165, 1.54) is 59.3 Å². The lowest BCUT2D eigenvalue weighted by Gasteiger charge is -2.71. The average molecular weight is 675 g/mol. The van der Waals surface area contributed by atoms with E-state index in [-0.39, 0.29) is 27.6 Å². The molecule has 9 heteroatoms. The number of carbonyl (C=O) groups excluding carboxylic acids is 4. The lowest BCUT2D eigenvalue weighted by Crippen LogP contribution is -2.65. The fourth-order valence-corrected chi connectivity index (χ4v) is 13.3. The summed E-state index contributed by atoms with van der Waals surface area (Å²) in [6.45, 7) is 12.7. The van der Waals surface area contributed by atoms with E-state index in [0.717, 1.165) is 38.5 Å². The van der Waals surface area contributed by atoms with E-state index in [0.29, 0.717) is 35.9 Å². The first-order valence-corrected chi connectivity index (χ1v) is 18.9. The molecule has 6 aliphatic rings. The Morgan fingerprint density at radius 1 is 0.750 bits per heavy atom. The van der Waals surface area contributed by atoms with E-state index in [4.69, 9.17) is 18.9 Å². The van der Waals surface area contributed by atoms with Crippen LogP contribution in [0.1, 0.15) is 132 Å². The summed E-state index contributed by atoms with van der Waals surface area (Å²) in [5.41, 5.74) is 0.809. The number of fused-ring (bicyclic) bond motifs is 7. The SMILES string of the molecule is CC(=O)OC1C(CF)OC(CCC23CCCC2C2CCC4C5(C)CCC(=O)C(C)C5CCC4(C)[C@]2(C)CC3)C(OC(C)=O)C1OC(C)=O. The molecule has 0 bridgehead atoms. The summed E-state index contributed by atoms with van der Waals surface area (Å²) in [6, 6.07) is 0. The van der Waals surface area contributed by atoms with Crippen LogP contribution in [0, 0.1) is 51.2 Å². The molecule has 0 N–H and O–H groups in total. The Hall–Kier alpha value is -2.03. The van der Waals surface area contributed by atoms with E-state index in [1.54, 1.807) is 0 Å². The Morgan fingerprint density at radius 3 is 2.04 bits per heavy atom. The van der Waals surface area contributed by atoms with Crippen molar-refractivity contribution in [1.82, 2.24) is 0 Å². The van der Waals surface area contributed by atoms with Gasteiger partial charge in [0.2, 0.25) is 0 Å². The average Bonchev–Trinajstić information content (AvgIpc) is 3.44. The smallest absolute Gasteiger partial charge is 0.303 e. The molecular formula is C39H59FO8. The summed E-state index contributed by atoms with van der Waals surface area (Å²) >= 11 is 0. The molecule has 13 unspecified atom stereocenters. The highest BCUT2D eigenvalue weighted by molar-refractivity contribution is 5.82. The molecule has 14 atom stereocenters. The Balaban J connectivity index is 1.24. The van der Waals surface area contributed by atoms with E-state index in [2.05, 4.69) is 27.7 Å². The van der Waals surface area contributed by atoms with Crippen LogP contribution in [0.2, 0.25) is 0 Å². The number of alkyl halides is 1. The van der Waals surface area contributed by atoms with Crippen molar-refractivity contribution >= 4 is 23.7 Å². The number of Topliss-reactive ketones (excluding diaryl/α,β-unsaturated/α-hetero) is 1. The van der Waals surface area contributed by atoms with Gasteiger partial charge >= 0.3 is 17.9 Å². The largest absolute Gasteiger partial charge is 0.456 e. The van der Waals surface area contributed by atoms with E-state index >= 15 is 0 Å². The molecule has 0 spiro atoms. The van der Waals surface area contributed by atoms with Gasteiger partial charge in [0.15, 0.2) is 18.3 Å². The molecule has 1 aliphatic heterocycles. The second-order valence-corrected chi connectivity index (χ2v) is 17.5. The van der Waals surface area contributed by atoms with Crippen molar-refractivity contribution in [2.24, 2.45) is 51.2 Å². The molecule has 48 heavy (non-hydrogen) atoms. The zero-order valence-electron chi connectivity index (χ0n) is 30.3. The first-order chi connectivity index (χ1) is 22.6. The van der Waals surface area contributed by atoms with Crippen LogP contribution in [0.25, 0.3) is 0 Å². The van der Waals surface area contributed by atoms with Crippen molar-refractivity contribution in [3.8, 4) is 0 Å². The Labute approximate surface area is 286 Å². The van der Waals surface area contributed by atoms with Gasteiger partial charge in [-0.1, -0.05) is 34.1 Å². The molecule has 1 heterocycles. The van der Waals surface area contributed by atoms with Crippen molar-refractivity contribution in [2.75, 3.05) is 6.67 Å². The van der Waals surface area contributed by atoms with Gasteiger partial charge in [-0.05, 0) is 116 Å². The molecule has 6 rings (SSSR count). The first-order valence-electron chi connectivity index (χ1n) is 18.9. The molecule has 0 aromatic carbocycles. The highest BCUT2D eigenvalue weighted by atomic mass is 19.1. The maximum absolute atomic E-state index is 14.5. The highest BCUT2D eigenvalue weighted by Gasteiger charge is 2.69. The Bertz CT molecular complexity index is 1290. The predicted octanol–water partition coefficient (Wildman–Crippen LogP) is 7.33. The molecule has 0 amide bonds. The van der Waals surface area contributed by atoms with Crippen LogP contribution in [-0.4, -0.2) is 60.9 Å². The molecular weight excluding hydrogens is 615 g/mol. The minimum atomic E-state index is -1.22. The quantitative estimate of drug-likeness (QED) is 0.204. The van der Waals surface area contributed by atoms with Gasteiger partial charge in [0.1, 0.15) is 18.6 Å². The third-order valence-electron chi connectivity index (χ3n) is 15.6. The molecule has 0 radical (unpaired) electrons. The van der Waals surface area contributed by atoms with Crippen LogP contribution in [0.3, 0.4) is 0 Å². The van der Waals surface area contributed by atoms with Gasteiger partial charge in [-0.2, -0.15) is 0 Å². The number of halogens is 1. The molecule has 1 saturated heterocycles. The summed E-state index contributed by atoms with van der Waals surface area (Å²) in [5.74, 6) is 1.11. The van der Waals surface area contributed by atoms with Crippen molar-refractivity contribution in [3.63, 3.8) is 0 Å². The van der Waals surface area contributed by atoms with Crippen molar-refractivity contribution in [2.45, 2.75) is 162 Å². The molecule has 270 valence electrons. The van der Waals surface area contributed by atoms with Gasteiger partial charge in [-0.25, -0.2) is 4.39 Å². The maximum Gasteiger partial charge on any atom is 0.303 e. The maximum atomic E-state index is 14.5. The van der Waals surface area contributed by atoms with Gasteiger partial charge in [0.05, 0.1) is 6.10 Å². The number of esters is 3. The molecule has 6 fully saturated rings. The molecule has 5 saturated carbocycles. The number of carbonyl (C=O) groups is 4. The van der Waals surface area contributed by atoms with E-state index in [9.17, 15) is 23.6 Å². The standard InChI is InChI=1S/C39H59FO8/c1-22-26-12-17-38(7)32(36(26,5)16-13-29(22)44)11-10-27-28-9-8-15-39(28,20-19-37(27,38)6)18-14-30-33(45-23(2)41)35(47-25(4)43)34(46-24(3)42)31(21-40)48-30/h22,26-28,30-35H,8-21H2,1-7H3/t22?,26?,27?,28?,30?,31?,32?,33?,34?,35?,36?,37-,38?,39?/m1/s1. The number of rotatable bonds is 7. The zero-order valence-corrected chi connectivity index (χ0v) is 30.3. The van der Waals surface area contributed by atoms with E-state index < -0.39 is 55.1 Å². The number of hydrogen-bond donors (Lipinski definition) is 0. The summed E-state index contributed by atoms with van der Waals surface area (Å²) in [7, 11) is 0. The number of hydrogen-bond acceptors (Lipinski definition) is 8. The van der Waals surface area contributed by atoms with Crippen molar-refractivity contribution < 1.29 is 42.5 Å². The summed E-state index contributed by atoms with van der Waals surface area (Å²) in [5, 5.41) is 0. The minimum absolute atomic E-state index is 0.124. The predicted molar refractivity (Wildman–Crippen MR) is 176 cm³/mol. The van der Waals surface area contributed by atoms with Crippen LogP contribution < -0.4 is 0 Å². The van der Waals surface area contributed by atoms with Gasteiger partial charge in [0, 0.05) is 33.1 Å². The van der Waals surface area contributed by atoms with Crippen LogP contribution in [-0.2, 0) is 38.1 Å². The lowest BCUT2D eigenvalue weighted by atomic mass is 9.33. The van der Waals surface area contributed by atoms with Crippen LogP contribution >= 0.6 is 0 Å².